The highest BCUT2D eigenvalue weighted by atomic mass is 32.1. The van der Waals surface area contributed by atoms with Crippen molar-refractivity contribution in [3.05, 3.63) is 47.1 Å². The van der Waals surface area contributed by atoms with E-state index in [2.05, 4.69) is 15.6 Å². The number of anilines is 1. The second kappa shape index (κ2) is 7.55. The average Bonchev–Trinajstić information content (AvgIpc) is 3.30. The molecule has 1 atom stereocenters. The molecule has 7 heteroatoms. The lowest BCUT2D eigenvalue weighted by Gasteiger charge is -2.39. The van der Waals surface area contributed by atoms with Crippen LogP contribution < -0.4 is 10.6 Å². The van der Waals surface area contributed by atoms with Crippen LogP contribution in [-0.2, 0) is 11.2 Å². The number of amides is 2. The molecule has 26 heavy (non-hydrogen) atoms. The van der Waals surface area contributed by atoms with Crippen molar-refractivity contribution in [2.24, 2.45) is 5.92 Å². The van der Waals surface area contributed by atoms with Crippen molar-refractivity contribution in [3.8, 4) is 0 Å². The van der Waals surface area contributed by atoms with Gasteiger partial charge in [-0.1, -0.05) is 0 Å². The first-order valence-electron chi connectivity index (χ1n) is 9.01. The van der Waals surface area contributed by atoms with Crippen molar-refractivity contribution in [2.45, 2.75) is 25.3 Å². The molecule has 2 aromatic heterocycles. The summed E-state index contributed by atoms with van der Waals surface area (Å²) < 4.78 is 0. The molecule has 0 saturated carbocycles. The predicted molar refractivity (Wildman–Crippen MR) is 101 cm³/mol. The minimum Gasteiger partial charge on any atom is -0.337 e. The Labute approximate surface area is 156 Å². The van der Waals surface area contributed by atoms with E-state index >= 15 is 0 Å². The van der Waals surface area contributed by atoms with E-state index in [-0.39, 0.29) is 17.9 Å². The number of aromatic nitrogens is 1. The summed E-state index contributed by atoms with van der Waals surface area (Å²) in [6, 6.07) is 7.57. The molecule has 2 aliphatic heterocycles. The number of carbonyl (C=O) groups is 2. The lowest BCUT2D eigenvalue weighted by molar-refractivity contribution is -0.117. The summed E-state index contributed by atoms with van der Waals surface area (Å²) in [5.41, 5.74) is 1.26. The maximum atomic E-state index is 12.6. The van der Waals surface area contributed by atoms with Gasteiger partial charge in [0.15, 0.2) is 0 Å². The van der Waals surface area contributed by atoms with Gasteiger partial charge in [0.25, 0.3) is 5.91 Å². The molecular formula is C19H22N4O2S. The van der Waals surface area contributed by atoms with Crippen LogP contribution >= 0.6 is 11.3 Å². The van der Waals surface area contributed by atoms with E-state index in [0.717, 1.165) is 43.9 Å². The number of pyridine rings is 1. The predicted octanol–water partition coefficient (Wildman–Crippen LogP) is 2.15. The molecule has 2 N–H and O–H groups in total. The van der Waals surface area contributed by atoms with Gasteiger partial charge in [-0.25, -0.2) is 0 Å². The lowest BCUT2D eigenvalue weighted by atomic mass is 9.92. The van der Waals surface area contributed by atoms with E-state index in [1.807, 2.05) is 23.1 Å². The standard InChI is InChI=1S/C19H22N4O2S/c24-18(15-2-1-7-21-15)22-17-4-3-16(26-17)19(25)23-11-14(12-23)10-13-5-8-20-9-6-13/h3-6,8-9,14-15,21H,1-2,7,10-12H2,(H,22,24)/t15-/m0/s1. The Morgan fingerprint density at radius 2 is 2.04 bits per heavy atom. The quantitative estimate of drug-likeness (QED) is 0.846. The van der Waals surface area contributed by atoms with E-state index in [0.29, 0.717) is 10.8 Å². The SMILES string of the molecule is O=C(Nc1ccc(C(=O)N2CC(Cc3ccncc3)C2)s1)[C@@H]1CCCN1. The van der Waals surface area contributed by atoms with Crippen molar-refractivity contribution >= 4 is 28.2 Å². The second-order valence-corrected chi connectivity index (χ2v) is 8.02. The zero-order chi connectivity index (χ0) is 17.9. The highest BCUT2D eigenvalue weighted by molar-refractivity contribution is 7.18. The molecule has 2 aromatic rings. The molecule has 0 unspecified atom stereocenters. The van der Waals surface area contributed by atoms with Crippen LogP contribution in [0.25, 0.3) is 0 Å². The first-order chi connectivity index (χ1) is 12.7. The van der Waals surface area contributed by atoms with Crippen LogP contribution in [0.4, 0.5) is 5.00 Å². The van der Waals surface area contributed by atoms with Gasteiger partial charge in [0.1, 0.15) is 0 Å². The minimum atomic E-state index is -0.111. The molecule has 2 saturated heterocycles. The summed E-state index contributed by atoms with van der Waals surface area (Å²) in [6.07, 6.45) is 6.49. The Morgan fingerprint density at radius 3 is 2.77 bits per heavy atom. The van der Waals surface area contributed by atoms with Crippen molar-refractivity contribution in [1.82, 2.24) is 15.2 Å². The highest BCUT2D eigenvalue weighted by Gasteiger charge is 2.32. The van der Waals surface area contributed by atoms with E-state index in [4.69, 9.17) is 0 Å². The smallest absolute Gasteiger partial charge is 0.264 e. The molecule has 0 aliphatic carbocycles. The van der Waals surface area contributed by atoms with Gasteiger partial charge in [-0.05, 0) is 61.6 Å². The van der Waals surface area contributed by atoms with E-state index in [9.17, 15) is 9.59 Å². The minimum absolute atomic E-state index is 0.00952. The molecule has 0 radical (unpaired) electrons. The number of hydrogen-bond donors (Lipinski definition) is 2. The maximum Gasteiger partial charge on any atom is 0.264 e. The Kier molecular flexibility index (Phi) is 4.99. The summed E-state index contributed by atoms with van der Waals surface area (Å²) in [4.78, 5) is 31.3. The average molecular weight is 370 g/mol. The molecule has 2 aliphatic rings. The van der Waals surface area contributed by atoms with Crippen LogP contribution in [0.5, 0.6) is 0 Å². The third kappa shape index (κ3) is 3.78. The van der Waals surface area contributed by atoms with Gasteiger partial charge >= 0.3 is 0 Å². The van der Waals surface area contributed by atoms with Crippen LogP contribution in [0.2, 0.25) is 0 Å². The first kappa shape index (κ1) is 17.2. The van der Waals surface area contributed by atoms with Crippen LogP contribution in [-0.4, -0.2) is 47.4 Å². The Morgan fingerprint density at radius 1 is 1.23 bits per heavy atom. The highest BCUT2D eigenvalue weighted by Crippen LogP contribution is 2.28. The summed E-state index contributed by atoms with van der Waals surface area (Å²) >= 11 is 1.35. The van der Waals surface area contributed by atoms with Crippen LogP contribution in [0.15, 0.2) is 36.7 Å². The molecular weight excluding hydrogens is 348 g/mol. The van der Waals surface area contributed by atoms with Crippen molar-refractivity contribution in [1.29, 1.82) is 0 Å². The normalized spacial score (nSPS) is 20.0. The Bertz CT molecular complexity index is 780. The van der Waals surface area contributed by atoms with Crippen molar-refractivity contribution in [2.75, 3.05) is 25.0 Å². The van der Waals surface area contributed by atoms with E-state index in [1.54, 1.807) is 18.5 Å². The second-order valence-electron chi connectivity index (χ2n) is 6.94. The van der Waals surface area contributed by atoms with Gasteiger partial charge in [-0.2, -0.15) is 0 Å². The number of thiophene rings is 1. The molecule has 4 rings (SSSR count). The Hall–Kier alpha value is -2.25. The molecule has 2 amide bonds. The summed E-state index contributed by atoms with van der Waals surface area (Å²) in [6.45, 7) is 2.46. The molecule has 136 valence electrons. The zero-order valence-corrected chi connectivity index (χ0v) is 15.3. The molecule has 0 spiro atoms. The third-order valence-electron chi connectivity index (χ3n) is 4.96. The summed E-state index contributed by atoms with van der Waals surface area (Å²) in [5.74, 6) is 0.555. The number of hydrogen-bond acceptors (Lipinski definition) is 5. The van der Waals surface area contributed by atoms with Gasteiger partial charge in [0, 0.05) is 25.5 Å². The largest absolute Gasteiger partial charge is 0.337 e. The van der Waals surface area contributed by atoms with Crippen molar-refractivity contribution in [3.63, 3.8) is 0 Å². The molecule has 0 aromatic carbocycles. The number of nitrogens with one attached hydrogen (secondary N) is 2. The van der Waals surface area contributed by atoms with Crippen molar-refractivity contribution < 1.29 is 9.59 Å². The maximum absolute atomic E-state index is 12.6. The number of carbonyl (C=O) groups excluding carboxylic acids is 2. The van der Waals surface area contributed by atoms with Gasteiger partial charge in [0.2, 0.25) is 5.91 Å². The van der Waals surface area contributed by atoms with Gasteiger partial charge in [-0.3, -0.25) is 14.6 Å². The molecule has 6 nitrogen and oxygen atoms in total. The molecule has 4 heterocycles. The fraction of sp³-hybridized carbons (Fsp3) is 0.421. The molecule has 0 bridgehead atoms. The topological polar surface area (TPSA) is 74.3 Å². The number of rotatable bonds is 5. The fourth-order valence-electron chi connectivity index (χ4n) is 3.51. The first-order valence-corrected chi connectivity index (χ1v) is 9.83. The van der Waals surface area contributed by atoms with E-state index in [1.165, 1.54) is 16.9 Å². The van der Waals surface area contributed by atoms with Crippen LogP contribution in [0.3, 0.4) is 0 Å². The zero-order valence-electron chi connectivity index (χ0n) is 14.5. The molecule has 2 fully saturated rings. The van der Waals surface area contributed by atoms with E-state index < -0.39 is 0 Å². The number of nitrogens with zero attached hydrogens (tertiary/aromatic N) is 2. The fourth-order valence-corrected chi connectivity index (χ4v) is 4.39. The Balaban J connectivity index is 1.28. The summed E-state index contributed by atoms with van der Waals surface area (Å²) in [7, 11) is 0. The summed E-state index contributed by atoms with van der Waals surface area (Å²) in [5, 5.41) is 6.83. The monoisotopic (exact) mass is 370 g/mol. The lowest BCUT2D eigenvalue weighted by Crippen LogP contribution is -2.50. The van der Waals surface area contributed by atoms with Gasteiger partial charge in [0.05, 0.1) is 15.9 Å². The van der Waals surface area contributed by atoms with Gasteiger partial charge < -0.3 is 15.5 Å². The van der Waals surface area contributed by atoms with Crippen LogP contribution in [0.1, 0.15) is 28.1 Å². The van der Waals surface area contributed by atoms with Crippen LogP contribution in [0, 0.1) is 5.92 Å². The third-order valence-corrected chi connectivity index (χ3v) is 5.95. The number of likely N-dealkylation sites (tertiary alicyclic amines) is 1. The van der Waals surface area contributed by atoms with Gasteiger partial charge in [-0.15, -0.1) is 11.3 Å².